The molecule has 0 amide bonds. The summed E-state index contributed by atoms with van der Waals surface area (Å²) < 4.78 is 5.20. The number of hydrogen-bond donors (Lipinski definition) is 1. The van der Waals surface area contributed by atoms with Gasteiger partial charge in [-0.3, -0.25) is 4.99 Å². The van der Waals surface area contributed by atoms with Gasteiger partial charge in [-0.1, -0.05) is 12.1 Å². The van der Waals surface area contributed by atoms with Crippen molar-refractivity contribution in [1.82, 2.24) is 10.1 Å². The van der Waals surface area contributed by atoms with E-state index >= 15 is 0 Å². The van der Waals surface area contributed by atoms with Gasteiger partial charge in [-0.15, -0.1) is 0 Å². The number of guanidine groups is 1. The summed E-state index contributed by atoms with van der Waals surface area (Å²) in [4.78, 5) is 6.72. The van der Waals surface area contributed by atoms with Gasteiger partial charge in [0.2, 0.25) is 0 Å². The summed E-state index contributed by atoms with van der Waals surface area (Å²) in [5.41, 5.74) is 8.18. The molecule has 1 fully saturated rings. The third-order valence-corrected chi connectivity index (χ3v) is 3.79. The first-order valence-electron chi connectivity index (χ1n) is 7.07. The molecule has 5 nitrogen and oxygen atoms in total. The predicted molar refractivity (Wildman–Crippen MR) is 76.3 cm³/mol. The molecule has 19 heavy (non-hydrogen) atoms. The first-order valence-corrected chi connectivity index (χ1v) is 7.07. The summed E-state index contributed by atoms with van der Waals surface area (Å²) in [5, 5.41) is 3.99. The van der Waals surface area contributed by atoms with E-state index in [2.05, 4.69) is 22.0 Å². The Morgan fingerprint density at radius 3 is 2.63 bits per heavy atom. The molecule has 5 heteroatoms. The zero-order chi connectivity index (χ0) is 13.8. The molecule has 106 valence electrons. The Bertz CT molecular complexity index is 427. The maximum atomic E-state index is 6.06. The maximum Gasteiger partial charge on any atom is 0.191 e. The number of rotatable bonds is 3. The second-order valence-corrected chi connectivity index (χ2v) is 5.39. The smallest absolute Gasteiger partial charge is 0.191 e. The zero-order valence-corrected chi connectivity index (χ0v) is 12.1. The molecule has 1 atom stereocenters. The van der Waals surface area contributed by atoms with Crippen LogP contribution in [0.25, 0.3) is 0 Å². The SMILES string of the molecule is Cc1noc(C)c1C(C)CN=C(N)N1CCCCC1. The minimum absolute atomic E-state index is 0.287. The van der Waals surface area contributed by atoms with Crippen molar-refractivity contribution in [3.05, 3.63) is 17.0 Å². The number of nitrogens with two attached hydrogens (primary N) is 1. The Morgan fingerprint density at radius 1 is 1.37 bits per heavy atom. The monoisotopic (exact) mass is 264 g/mol. The summed E-state index contributed by atoms with van der Waals surface area (Å²) in [6, 6.07) is 0. The number of aryl methyl sites for hydroxylation is 2. The van der Waals surface area contributed by atoms with E-state index < -0.39 is 0 Å². The minimum atomic E-state index is 0.287. The zero-order valence-electron chi connectivity index (χ0n) is 12.1. The Balaban J connectivity index is 1.97. The van der Waals surface area contributed by atoms with Gasteiger partial charge in [0.15, 0.2) is 5.96 Å². The molecule has 1 saturated heterocycles. The lowest BCUT2D eigenvalue weighted by atomic mass is 10.00. The highest BCUT2D eigenvalue weighted by atomic mass is 16.5. The highest BCUT2D eigenvalue weighted by Crippen LogP contribution is 2.23. The molecule has 0 aromatic carbocycles. The Kier molecular flexibility index (Phi) is 4.45. The van der Waals surface area contributed by atoms with Crippen LogP contribution in [0.3, 0.4) is 0 Å². The van der Waals surface area contributed by atoms with Crippen LogP contribution in [0.5, 0.6) is 0 Å². The van der Waals surface area contributed by atoms with Crippen LogP contribution in [0.2, 0.25) is 0 Å². The van der Waals surface area contributed by atoms with E-state index in [1.54, 1.807) is 0 Å². The fourth-order valence-corrected chi connectivity index (χ4v) is 2.74. The van der Waals surface area contributed by atoms with Crippen LogP contribution in [-0.4, -0.2) is 35.7 Å². The van der Waals surface area contributed by atoms with Crippen molar-refractivity contribution in [2.24, 2.45) is 10.7 Å². The Morgan fingerprint density at radius 2 is 2.05 bits per heavy atom. The van der Waals surface area contributed by atoms with Gasteiger partial charge in [0, 0.05) is 31.1 Å². The summed E-state index contributed by atoms with van der Waals surface area (Å²) in [5.74, 6) is 1.85. The second-order valence-electron chi connectivity index (χ2n) is 5.39. The quantitative estimate of drug-likeness (QED) is 0.671. The number of nitrogens with zero attached hydrogens (tertiary/aromatic N) is 3. The van der Waals surface area contributed by atoms with E-state index in [0.717, 1.165) is 30.1 Å². The van der Waals surface area contributed by atoms with Gasteiger partial charge >= 0.3 is 0 Å². The summed E-state index contributed by atoms with van der Waals surface area (Å²) in [7, 11) is 0. The lowest BCUT2D eigenvalue weighted by Gasteiger charge is -2.27. The molecule has 0 spiro atoms. The van der Waals surface area contributed by atoms with E-state index in [1.807, 2.05) is 13.8 Å². The number of aliphatic imine (C=N–C) groups is 1. The average Bonchev–Trinajstić information content (AvgIpc) is 2.76. The third-order valence-electron chi connectivity index (χ3n) is 3.79. The van der Waals surface area contributed by atoms with Gasteiger partial charge in [0.25, 0.3) is 0 Å². The first kappa shape index (κ1) is 13.9. The lowest BCUT2D eigenvalue weighted by Crippen LogP contribution is -2.41. The standard InChI is InChI=1S/C14H24N4O/c1-10(13-11(2)17-19-12(13)3)9-16-14(15)18-7-5-4-6-8-18/h10H,4-9H2,1-3H3,(H2,15,16). The molecule has 0 aliphatic carbocycles. The molecule has 1 aliphatic heterocycles. The molecule has 1 aliphatic rings. The van der Waals surface area contributed by atoms with Crippen molar-refractivity contribution in [3.63, 3.8) is 0 Å². The summed E-state index contributed by atoms with van der Waals surface area (Å²) >= 11 is 0. The van der Waals surface area contributed by atoms with Crippen LogP contribution in [-0.2, 0) is 0 Å². The lowest BCUT2D eigenvalue weighted by molar-refractivity contribution is 0.338. The van der Waals surface area contributed by atoms with E-state index in [-0.39, 0.29) is 5.92 Å². The topological polar surface area (TPSA) is 67.6 Å². The molecule has 0 saturated carbocycles. The molecule has 2 rings (SSSR count). The van der Waals surface area contributed by atoms with Crippen molar-refractivity contribution in [1.29, 1.82) is 0 Å². The fourth-order valence-electron chi connectivity index (χ4n) is 2.74. The van der Waals surface area contributed by atoms with E-state index in [0.29, 0.717) is 12.5 Å². The highest BCUT2D eigenvalue weighted by molar-refractivity contribution is 5.78. The number of aromatic nitrogens is 1. The van der Waals surface area contributed by atoms with E-state index in [1.165, 1.54) is 19.3 Å². The van der Waals surface area contributed by atoms with Crippen LogP contribution in [0, 0.1) is 13.8 Å². The van der Waals surface area contributed by atoms with Gasteiger partial charge < -0.3 is 15.2 Å². The first-order chi connectivity index (χ1) is 9.09. The molecule has 0 bridgehead atoms. The minimum Gasteiger partial charge on any atom is -0.370 e. The molecule has 2 N–H and O–H groups in total. The van der Waals surface area contributed by atoms with Gasteiger partial charge in [0.1, 0.15) is 5.76 Å². The van der Waals surface area contributed by atoms with Gasteiger partial charge in [-0.25, -0.2) is 0 Å². The Hall–Kier alpha value is -1.52. The average molecular weight is 264 g/mol. The number of hydrogen-bond acceptors (Lipinski definition) is 3. The summed E-state index contributed by atoms with van der Waals surface area (Å²) in [6.07, 6.45) is 3.74. The maximum absolute atomic E-state index is 6.06. The second kappa shape index (κ2) is 6.08. The molecule has 2 heterocycles. The summed E-state index contributed by atoms with van der Waals surface area (Å²) in [6.45, 7) is 8.82. The molecule has 0 radical (unpaired) electrons. The molecular weight excluding hydrogens is 240 g/mol. The fraction of sp³-hybridized carbons (Fsp3) is 0.714. The molecule has 1 unspecified atom stereocenters. The van der Waals surface area contributed by atoms with Gasteiger partial charge in [0.05, 0.1) is 5.69 Å². The van der Waals surface area contributed by atoms with Crippen molar-refractivity contribution in [2.45, 2.75) is 46.0 Å². The highest BCUT2D eigenvalue weighted by Gasteiger charge is 2.17. The molecule has 1 aromatic heterocycles. The van der Waals surface area contributed by atoms with Crippen LogP contribution in [0.15, 0.2) is 9.52 Å². The van der Waals surface area contributed by atoms with Crippen molar-refractivity contribution >= 4 is 5.96 Å². The Labute approximate surface area is 114 Å². The molecule has 1 aromatic rings. The van der Waals surface area contributed by atoms with Crippen LogP contribution in [0.4, 0.5) is 0 Å². The largest absolute Gasteiger partial charge is 0.370 e. The van der Waals surface area contributed by atoms with E-state index in [9.17, 15) is 0 Å². The van der Waals surface area contributed by atoms with E-state index in [4.69, 9.17) is 10.3 Å². The van der Waals surface area contributed by atoms with Gasteiger partial charge in [-0.05, 0) is 33.1 Å². The van der Waals surface area contributed by atoms with Crippen molar-refractivity contribution in [3.8, 4) is 0 Å². The van der Waals surface area contributed by atoms with Crippen LogP contribution < -0.4 is 5.73 Å². The molecular formula is C14H24N4O. The predicted octanol–water partition coefficient (Wildman–Crippen LogP) is 2.20. The van der Waals surface area contributed by atoms with Gasteiger partial charge in [-0.2, -0.15) is 0 Å². The van der Waals surface area contributed by atoms with Crippen LogP contribution >= 0.6 is 0 Å². The van der Waals surface area contributed by atoms with Crippen molar-refractivity contribution < 1.29 is 4.52 Å². The van der Waals surface area contributed by atoms with Crippen LogP contribution in [0.1, 0.15) is 49.1 Å². The van der Waals surface area contributed by atoms with Crippen molar-refractivity contribution in [2.75, 3.05) is 19.6 Å². The normalized spacial score (nSPS) is 18.7. The number of likely N-dealkylation sites (tertiary alicyclic amines) is 1. The third kappa shape index (κ3) is 3.28. The number of piperidine rings is 1.